The Labute approximate surface area is 102 Å². The summed E-state index contributed by atoms with van der Waals surface area (Å²) in [7, 11) is 0. The lowest BCUT2D eigenvalue weighted by Crippen LogP contribution is -2.23. The lowest BCUT2D eigenvalue weighted by molar-refractivity contribution is -0.140. The Morgan fingerprint density at radius 2 is 1.94 bits per heavy atom. The van der Waals surface area contributed by atoms with Crippen molar-refractivity contribution in [2.75, 3.05) is 0 Å². The Kier molecular flexibility index (Phi) is 2.29. The van der Waals surface area contributed by atoms with E-state index in [-0.39, 0.29) is 12.1 Å². The van der Waals surface area contributed by atoms with Gasteiger partial charge in [0.05, 0.1) is 0 Å². The van der Waals surface area contributed by atoms with Crippen LogP contribution in [0.1, 0.15) is 40.0 Å². The molecule has 3 aliphatic rings. The third kappa shape index (κ3) is 1.43. The van der Waals surface area contributed by atoms with Crippen LogP contribution in [-0.4, -0.2) is 12.1 Å². The van der Waals surface area contributed by atoms with Crippen molar-refractivity contribution < 1.29 is 9.53 Å². The van der Waals surface area contributed by atoms with Gasteiger partial charge < -0.3 is 4.74 Å². The van der Waals surface area contributed by atoms with Crippen LogP contribution in [0.5, 0.6) is 0 Å². The summed E-state index contributed by atoms with van der Waals surface area (Å²) in [6.45, 7) is 6.30. The lowest BCUT2D eigenvalue weighted by atomic mass is 9.87. The topological polar surface area (TPSA) is 26.3 Å². The smallest absolute Gasteiger partial charge is 0.334 e. The van der Waals surface area contributed by atoms with Crippen LogP contribution in [0, 0.1) is 5.92 Å². The molecule has 2 aliphatic carbocycles. The molecule has 0 aromatic rings. The van der Waals surface area contributed by atoms with Gasteiger partial charge in [0.15, 0.2) is 0 Å². The molecule has 0 fully saturated rings. The molecule has 1 aliphatic heterocycles. The van der Waals surface area contributed by atoms with Crippen LogP contribution in [0.2, 0.25) is 0 Å². The normalized spacial score (nSPS) is 32.2. The largest absolute Gasteiger partial charge is 0.453 e. The molecule has 0 saturated carbocycles. The van der Waals surface area contributed by atoms with E-state index in [1.807, 2.05) is 6.92 Å². The predicted octanol–water partition coefficient (Wildman–Crippen LogP) is 3.30. The van der Waals surface area contributed by atoms with E-state index in [9.17, 15) is 4.79 Å². The second kappa shape index (κ2) is 3.59. The summed E-state index contributed by atoms with van der Waals surface area (Å²) >= 11 is 0. The number of carbonyl (C=O) groups is 1. The van der Waals surface area contributed by atoms with Gasteiger partial charge in [0.25, 0.3) is 0 Å². The predicted molar refractivity (Wildman–Crippen MR) is 66.4 cm³/mol. The van der Waals surface area contributed by atoms with Gasteiger partial charge >= 0.3 is 5.97 Å². The molecule has 2 atom stereocenters. The zero-order chi connectivity index (χ0) is 12.2. The zero-order valence-corrected chi connectivity index (χ0v) is 10.7. The Hall–Kier alpha value is -1.31. The number of esters is 1. The number of ether oxygens (including phenoxy) is 1. The fraction of sp³-hybridized carbons (Fsp3) is 0.533. The van der Waals surface area contributed by atoms with E-state index >= 15 is 0 Å². The van der Waals surface area contributed by atoms with E-state index in [1.54, 1.807) is 0 Å². The van der Waals surface area contributed by atoms with Crippen molar-refractivity contribution in [1.82, 2.24) is 0 Å². The summed E-state index contributed by atoms with van der Waals surface area (Å²) in [6.07, 6.45) is 5.39. The van der Waals surface area contributed by atoms with Crippen LogP contribution < -0.4 is 0 Å². The number of allylic oxidation sites excluding steroid dienone is 2. The highest BCUT2D eigenvalue weighted by molar-refractivity contribution is 5.92. The first-order valence-corrected chi connectivity index (χ1v) is 6.35. The molecule has 0 unspecified atom stereocenters. The molecule has 0 amide bonds. The maximum Gasteiger partial charge on any atom is 0.334 e. The molecule has 0 saturated heterocycles. The summed E-state index contributed by atoms with van der Waals surface area (Å²) in [4.78, 5) is 11.7. The van der Waals surface area contributed by atoms with Crippen molar-refractivity contribution in [3.63, 3.8) is 0 Å². The monoisotopic (exact) mass is 230 g/mol. The van der Waals surface area contributed by atoms with Gasteiger partial charge in [0.2, 0.25) is 0 Å². The van der Waals surface area contributed by atoms with E-state index in [2.05, 4.69) is 19.9 Å². The molecule has 3 rings (SSSR count). The van der Waals surface area contributed by atoms with E-state index in [1.165, 1.54) is 22.3 Å². The standard InChI is InChI=1S/C15H18O2/c1-8-4-7-12-10(3)15(16)17-14(12)13-9(2)5-6-11(8)13/h5,13-14H,4,6-7H2,1-3H3/t13-,14-/m1/s1. The van der Waals surface area contributed by atoms with Gasteiger partial charge in [0, 0.05) is 11.5 Å². The zero-order valence-electron chi connectivity index (χ0n) is 10.7. The van der Waals surface area contributed by atoms with Gasteiger partial charge in [0.1, 0.15) is 6.10 Å². The number of hydrogen-bond acceptors (Lipinski definition) is 2. The van der Waals surface area contributed by atoms with Crippen molar-refractivity contribution >= 4 is 5.97 Å². The van der Waals surface area contributed by atoms with Crippen LogP contribution >= 0.6 is 0 Å². The Morgan fingerprint density at radius 1 is 1.18 bits per heavy atom. The number of hydrogen-bond donors (Lipinski definition) is 0. The quantitative estimate of drug-likeness (QED) is 0.471. The maximum absolute atomic E-state index is 11.7. The van der Waals surface area contributed by atoms with Gasteiger partial charge in [-0.25, -0.2) is 4.79 Å². The maximum atomic E-state index is 11.7. The van der Waals surface area contributed by atoms with Gasteiger partial charge in [-0.1, -0.05) is 22.8 Å². The third-order valence-electron chi connectivity index (χ3n) is 4.50. The van der Waals surface area contributed by atoms with Crippen LogP contribution in [0.15, 0.2) is 33.9 Å². The average molecular weight is 230 g/mol. The van der Waals surface area contributed by atoms with Gasteiger partial charge in [-0.05, 0) is 45.6 Å². The molecule has 90 valence electrons. The highest BCUT2D eigenvalue weighted by Gasteiger charge is 2.42. The average Bonchev–Trinajstić information content (AvgIpc) is 2.75. The summed E-state index contributed by atoms with van der Waals surface area (Å²) in [5.41, 5.74) is 6.44. The summed E-state index contributed by atoms with van der Waals surface area (Å²) in [5.74, 6) is 0.220. The molecule has 1 heterocycles. The van der Waals surface area contributed by atoms with Crippen LogP contribution in [0.4, 0.5) is 0 Å². The molecular formula is C15H18O2. The van der Waals surface area contributed by atoms with Crippen molar-refractivity contribution in [1.29, 1.82) is 0 Å². The molecule has 0 N–H and O–H groups in total. The fourth-order valence-electron chi connectivity index (χ4n) is 3.36. The van der Waals surface area contributed by atoms with Crippen LogP contribution in [0.3, 0.4) is 0 Å². The number of rotatable bonds is 0. The molecule has 0 aromatic heterocycles. The highest BCUT2D eigenvalue weighted by atomic mass is 16.5. The van der Waals surface area contributed by atoms with E-state index < -0.39 is 0 Å². The second-order valence-electron chi connectivity index (χ2n) is 5.41. The molecule has 0 aromatic carbocycles. The third-order valence-corrected chi connectivity index (χ3v) is 4.50. The molecule has 0 radical (unpaired) electrons. The van der Waals surface area contributed by atoms with Crippen LogP contribution in [0.25, 0.3) is 0 Å². The first-order valence-electron chi connectivity index (χ1n) is 6.35. The van der Waals surface area contributed by atoms with Crippen molar-refractivity contribution in [2.45, 2.75) is 46.1 Å². The Balaban J connectivity index is 2.09. The first-order chi connectivity index (χ1) is 8.09. The highest BCUT2D eigenvalue weighted by Crippen LogP contribution is 2.46. The van der Waals surface area contributed by atoms with Crippen molar-refractivity contribution in [3.8, 4) is 0 Å². The minimum absolute atomic E-state index is 0.00583. The minimum atomic E-state index is -0.108. The Morgan fingerprint density at radius 3 is 2.71 bits per heavy atom. The first kappa shape index (κ1) is 10.8. The van der Waals surface area contributed by atoms with Crippen molar-refractivity contribution in [2.24, 2.45) is 5.92 Å². The van der Waals surface area contributed by atoms with E-state index in [4.69, 9.17) is 4.74 Å². The molecular weight excluding hydrogens is 212 g/mol. The van der Waals surface area contributed by atoms with Gasteiger partial charge in [-0.3, -0.25) is 0 Å². The van der Waals surface area contributed by atoms with Gasteiger partial charge in [-0.15, -0.1) is 0 Å². The van der Waals surface area contributed by atoms with E-state index in [0.717, 1.165) is 24.8 Å². The minimum Gasteiger partial charge on any atom is -0.453 e. The summed E-state index contributed by atoms with van der Waals surface area (Å²) in [6, 6.07) is 0. The number of carbonyl (C=O) groups excluding carboxylic acids is 1. The van der Waals surface area contributed by atoms with E-state index in [0.29, 0.717) is 5.92 Å². The molecule has 2 heteroatoms. The number of fused-ring (bicyclic) bond motifs is 3. The molecule has 2 nitrogen and oxygen atoms in total. The van der Waals surface area contributed by atoms with Gasteiger partial charge in [-0.2, -0.15) is 0 Å². The van der Waals surface area contributed by atoms with Crippen LogP contribution in [-0.2, 0) is 9.53 Å². The molecule has 17 heavy (non-hydrogen) atoms. The SMILES string of the molecule is CC1=CCC2=C(C)CCC3=C(C)C(=O)O[C@H]3[C@H]12. The summed E-state index contributed by atoms with van der Waals surface area (Å²) < 4.78 is 5.60. The summed E-state index contributed by atoms with van der Waals surface area (Å²) in [5, 5.41) is 0. The fourth-order valence-corrected chi connectivity index (χ4v) is 3.36. The second-order valence-corrected chi connectivity index (χ2v) is 5.41. The molecule has 0 bridgehead atoms. The Bertz CT molecular complexity index is 491. The lowest BCUT2D eigenvalue weighted by Gasteiger charge is -2.22. The van der Waals surface area contributed by atoms with Crippen molar-refractivity contribution in [3.05, 3.63) is 33.9 Å². The molecule has 0 spiro atoms.